The van der Waals surface area contributed by atoms with Crippen molar-refractivity contribution in [1.29, 1.82) is 0 Å². The third kappa shape index (κ3) is 2.78. The van der Waals surface area contributed by atoms with Crippen LogP contribution >= 0.6 is 0 Å². The van der Waals surface area contributed by atoms with Crippen molar-refractivity contribution in [3.8, 4) is 0 Å². The van der Waals surface area contributed by atoms with Gasteiger partial charge in [0.1, 0.15) is 5.82 Å². The standard InChI is InChI=1S/C17H21FN2/c1-12-9-16(18)6-5-14(12)10-20-8-7-15(11-20)17(19-2)13-3-4-13/h5-9,11,13,17,19H,3-4,10H2,1-2H3. The minimum absolute atomic E-state index is 0.163. The fourth-order valence-electron chi connectivity index (χ4n) is 2.88. The number of rotatable bonds is 5. The SMILES string of the molecule is CNC(c1ccn(Cc2ccc(F)cc2C)c1)C1CC1. The molecule has 20 heavy (non-hydrogen) atoms. The number of nitrogens with zero attached hydrogens (tertiary/aromatic N) is 1. The van der Waals surface area contributed by atoms with Crippen molar-refractivity contribution in [2.45, 2.75) is 32.4 Å². The summed E-state index contributed by atoms with van der Waals surface area (Å²) in [7, 11) is 2.03. The second-order valence-electron chi connectivity index (χ2n) is 5.79. The lowest BCUT2D eigenvalue weighted by Crippen LogP contribution is -2.17. The minimum atomic E-state index is -0.163. The molecule has 1 saturated carbocycles. The van der Waals surface area contributed by atoms with E-state index < -0.39 is 0 Å². The van der Waals surface area contributed by atoms with Crippen molar-refractivity contribution in [3.05, 3.63) is 59.2 Å². The zero-order chi connectivity index (χ0) is 14.1. The molecule has 0 bridgehead atoms. The molecule has 1 atom stereocenters. The molecule has 0 aliphatic heterocycles. The summed E-state index contributed by atoms with van der Waals surface area (Å²) < 4.78 is 15.3. The first-order valence-corrected chi connectivity index (χ1v) is 7.25. The lowest BCUT2D eigenvalue weighted by atomic mass is 10.1. The molecule has 0 radical (unpaired) electrons. The molecule has 3 heteroatoms. The van der Waals surface area contributed by atoms with Crippen LogP contribution in [0.5, 0.6) is 0 Å². The molecule has 2 nitrogen and oxygen atoms in total. The Labute approximate surface area is 119 Å². The first-order chi connectivity index (χ1) is 9.67. The van der Waals surface area contributed by atoms with Crippen LogP contribution in [0.15, 0.2) is 36.7 Å². The third-order valence-electron chi connectivity index (χ3n) is 4.19. The van der Waals surface area contributed by atoms with Crippen LogP contribution in [0.3, 0.4) is 0 Å². The zero-order valence-electron chi connectivity index (χ0n) is 12.1. The average molecular weight is 272 g/mol. The monoisotopic (exact) mass is 272 g/mol. The van der Waals surface area contributed by atoms with E-state index in [4.69, 9.17) is 0 Å². The van der Waals surface area contributed by atoms with E-state index in [1.54, 1.807) is 6.07 Å². The van der Waals surface area contributed by atoms with E-state index in [2.05, 4.69) is 28.3 Å². The molecular formula is C17H21FN2. The number of hydrogen-bond donors (Lipinski definition) is 1. The van der Waals surface area contributed by atoms with Crippen LogP contribution < -0.4 is 5.32 Å². The first kappa shape index (κ1) is 13.4. The second-order valence-corrected chi connectivity index (χ2v) is 5.79. The van der Waals surface area contributed by atoms with E-state index in [1.165, 1.54) is 30.0 Å². The van der Waals surface area contributed by atoms with Crippen LogP contribution in [-0.4, -0.2) is 11.6 Å². The van der Waals surface area contributed by atoms with Gasteiger partial charge in [-0.3, -0.25) is 0 Å². The molecule has 1 fully saturated rings. The smallest absolute Gasteiger partial charge is 0.123 e. The van der Waals surface area contributed by atoms with E-state index in [-0.39, 0.29) is 5.82 Å². The zero-order valence-corrected chi connectivity index (χ0v) is 12.1. The molecule has 1 aromatic heterocycles. The van der Waals surface area contributed by atoms with Crippen LogP contribution in [0, 0.1) is 18.7 Å². The largest absolute Gasteiger partial charge is 0.350 e. The quantitative estimate of drug-likeness (QED) is 0.879. The molecule has 1 aliphatic carbocycles. The highest BCUT2D eigenvalue weighted by Gasteiger charge is 2.31. The summed E-state index contributed by atoms with van der Waals surface area (Å²) in [6.45, 7) is 2.76. The Morgan fingerprint density at radius 2 is 2.15 bits per heavy atom. The third-order valence-corrected chi connectivity index (χ3v) is 4.19. The highest BCUT2D eigenvalue weighted by atomic mass is 19.1. The fourth-order valence-corrected chi connectivity index (χ4v) is 2.88. The Hall–Kier alpha value is -1.61. The fraction of sp³-hybridized carbons (Fsp3) is 0.412. The minimum Gasteiger partial charge on any atom is -0.350 e. The van der Waals surface area contributed by atoms with E-state index >= 15 is 0 Å². The maximum absolute atomic E-state index is 13.1. The molecular weight excluding hydrogens is 251 g/mol. The number of hydrogen-bond acceptors (Lipinski definition) is 1. The van der Waals surface area contributed by atoms with E-state index in [0.29, 0.717) is 6.04 Å². The maximum atomic E-state index is 13.1. The van der Waals surface area contributed by atoms with Crippen LogP contribution in [0.25, 0.3) is 0 Å². The Bertz CT molecular complexity index is 599. The lowest BCUT2D eigenvalue weighted by molar-refractivity contribution is 0.528. The topological polar surface area (TPSA) is 17.0 Å². The molecule has 3 rings (SSSR count). The molecule has 1 aliphatic rings. The van der Waals surface area contributed by atoms with Crippen molar-refractivity contribution in [3.63, 3.8) is 0 Å². The van der Waals surface area contributed by atoms with Crippen molar-refractivity contribution >= 4 is 0 Å². The summed E-state index contributed by atoms with van der Waals surface area (Å²) in [4.78, 5) is 0. The first-order valence-electron chi connectivity index (χ1n) is 7.25. The predicted octanol–water partition coefficient (Wildman–Crippen LogP) is 3.65. The van der Waals surface area contributed by atoms with Gasteiger partial charge in [0.2, 0.25) is 0 Å². The van der Waals surface area contributed by atoms with E-state index in [9.17, 15) is 4.39 Å². The molecule has 1 N–H and O–H groups in total. The van der Waals surface area contributed by atoms with Crippen LogP contribution in [0.2, 0.25) is 0 Å². The van der Waals surface area contributed by atoms with Crippen molar-refractivity contribution in [2.75, 3.05) is 7.05 Å². The van der Waals surface area contributed by atoms with Gasteiger partial charge in [0, 0.05) is 25.0 Å². The van der Waals surface area contributed by atoms with E-state index in [0.717, 1.165) is 18.0 Å². The molecule has 1 unspecified atom stereocenters. The van der Waals surface area contributed by atoms with Gasteiger partial charge in [-0.15, -0.1) is 0 Å². The van der Waals surface area contributed by atoms with Gasteiger partial charge in [0.15, 0.2) is 0 Å². The van der Waals surface area contributed by atoms with Gasteiger partial charge >= 0.3 is 0 Å². The van der Waals surface area contributed by atoms with Gasteiger partial charge in [-0.1, -0.05) is 6.07 Å². The van der Waals surface area contributed by atoms with Crippen LogP contribution in [0.1, 0.15) is 35.6 Å². The number of nitrogens with one attached hydrogen (secondary N) is 1. The Kier molecular flexibility index (Phi) is 3.62. The highest BCUT2D eigenvalue weighted by Crippen LogP contribution is 2.40. The number of aromatic nitrogens is 1. The Balaban J connectivity index is 1.76. The van der Waals surface area contributed by atoms with Gasteiger partial charge in [0.05, 0.1) is 0 Å². The normalized spacial score (nSPS) is 16.4. The number of benzene rings is 1. The number of aryl methyl sites for hydroxylation is 1. The maximum Gasteiger partial charge on any atom is 0.123 e. The van der Waals surface area contributed by atoms with E-state index in [1.807, 2.05) is 20.0 Å². The lowest BCUT2D eigenvalue weighted by Gasteiger charge is -2.13. The summed E-state index contributed by atoms with van der Waals surface area (Å²) in [6.07, 6.45) is 6.98. The molecule has 0 amide bonds. The summed E-state index contributed by atoms with van der Waals surface area (Å²) in [5.41, 5.74) is 3.53. The van der Waals surface area contributed by atoms with Gasteiger partial charge in [-0.05, 0) is 67.6 Å². The Morgan fingerprint density at radius 1 is 1.35 bits per heavy atom. The van der Waals surface area contributed by atoms with Crippen molar-refractivity contribution < 1.29 is 4.39 Å². The van der Waals surface area contributed by atoms with Crippen LogP contribution in [-0.2, 0) is 6.54 Å². The summed E-state index contributed by atoms with van der Waals surface area (Å²) >= 11 is 0. The molecule has 0 spiro atoms. The predicted molar refractivity (Wildman–Crippen MR) is 79.2 cm³/mol. The van der Waals surface area contributed by atoms with Crippen molar-refractivity contribution in [2.24, 2.45) is 5.92 Å². The molecule has 1 aromatic carbocycles. The average Bonchev–Trinajstić information content (AvgIpc) is 3.14. The van der Waals surface area contributed by atoms with Gasteiger partial charge in [-0.25, -0.2) is 4.39 Å². The summed E-state index contributed by atoms with van der Waals surface area (Å²) in [6, 6.07) is 7.68. The van der Waals surface area contributed by atoms with Gasteiger partial charge < -0.3 is 9.88 Å². The molecule has 0 saturated heterocycles. The molecule has 106 valence electrons. The van der Waals surface area contributed by atoms with Crippen molar-refractivity contribution in [1.82, 2.24) is 9.88 Å². The highest BCUT2D eigenvalue weighted by molar-refractivity contribution is 5.28. The molecule has 2 aromatic rings. The van der Waals surface area contributed by atoms with Gasteiger partial charge in [-0.2, -0.15) is 0 Å². The summed E-state index contributed by atoms with van der Waals surface area (Å²) in [5, 5.41) is 3.41. The Morgan fingerprint density at radius 3 is 2.80 bits per heavy atom. The number of halogens is 1. The second kappa shape index (κ2) is 5.41. The van der Waals surface area contributed by atoms with Crippen LogP contribution in [0.4, 0.5) is 4.39 Å². The summed E-state index contributed by atoms with van der Waals surface area (Å²) in [5.74, 6) is 0.631. The van der Waals surface area contributed by atoms with Gasteiger partial charge in [0.25, 0.3) is 0 Å². The molecule has 1 heterocycles.